The zero-order chi connectivity index (χ0) is 18.4. The van der Waals surface area contributed by atoms with Gasteiger partial charge in [-0.2, -0.15) is 0 Å². The molecule has 1 aromatic heterocycles. The van der Waals surface area contributed by atoms with Crippen LogP contribution in [0.15, 0.2) is 40.8 Å². The first kappa shape index (κ1) is 16.9. The summed E-state index contributed by atoms with van der Waals surface area (Å²) in [6, 6.07) is 10.1. The molecule has 0 radical (unpaired) electrons. The Morgan fingerprint density at radius 2 is 2.04 bits per heavy atom. The standard InChI is InChI=1S/C18H12Cl2N2O4/c19-10-1-3-12(13(20)6-10)17-21-14-7-11(2-4-15(14)26-17)22-8-9(18(24)25)5-16(22)23/h1-4,6-7,9H,5,8H2,(H,24,25)/t9-/m1/s1. The predicted octanol–water partition coefficient (Wildman–Crippen LogP) is 4.24. The molecule has 8 heteroatoms. The molecule has 1 atom stereocenters. The fraction of sp³-hybridized carbons (Fsp3) is 0.167. The monoisotopic (exact) mass is 390 g/mol. The Morgan fingerprint density at radius 3 is 2.73 bits per heavy atom. The maximum Gasteiger partial charge on any atom is 0.308 e. The van der Waals surface area contributed by atoms with Gasteiger partial charge < -0.3 is 14.4 Å². The third kappa shape index (κ3) is 2.91. The number of rotatable bonds is 3. The Kier molecular flexibility index (Phi) is 4.09. The van der Waals surface area contributed by atoms with E-state index in [0.717, 1.165) is 0 Å². The largest absolute Gasteiger partial charge is 0.481 e. The zero-order valence-corrected chi connectivity index (χ0v) is 14.8. The van der Waals surface area contributed by atoms with Crippen molar-refractivity contribution in [2.24, 2.45) is 5.92 Å². The topological polar surface area (TPSA) is 83.6 Å². The number of halogens is 2. The molecule has 0 aliphatic carbocycles. The molecule has 0 saturated carbocycles. The van der Waals surface area contributed by atoms with Crippen LogP contribution in [0.4, 0.5) is 5.69 Å². The van der Waals surface area contributed by atoms with Gasteiger partial charge in [0.1, 0.15) is 5.52 Å². The summed E-state index contributed by atoms with van der Waals surface area (Å²) in [6.45, 7) is 0.146. The van der Waals surface area contributed by atoms with Gasteiger partial charge in [-0.25, -0.2) is 4.98 Å². The second-order valence-electron chi connectivity index (χ2n) is 6.04. The van der Waals surface area contributed by atoms with Crippen LogP contribution in [0.5, 0.6) is 0 Å². The van der Waals surface area contributed by atoms with E-state index in [2.05, 4.69) is 4.98 Å². The van der Waals surface area contributed by atoms with Gasteiger partial charge in [-0.05, 0) is 36.4 Å². The molecule has 3 aromatic rings. The van der Waals surface area contributed by atoms with Crippen molar-refractivity contribution < 1.29 is 19.1 Å². The number of nitrogens with zero attached hydrogens (tertiary/aromatic N) is 2. The molecule has 1 amide bonds. The second kappa shape index (κ2) is 6.30. The van der Waals surface area contributed by atoms with Crippen molar-refractivity contribution in [2.45, 2.75) is 6.42 Å². The third-order valence-electron chi connectivity index (χ3n) is 4.32. The summed E-state index contributed by atoms with van der Waals surface area (Å²) in [5.41, 5.74) is 2.29. The van der Waals surface area contributed by atoms with Crippen LogP contribution < -0.4 is 4.90 Å². The van der Waals surface area contributed by atoms with Gasteiger partial charge in [0.25, 0.3) is 0 Å². The highest BCUT2D eigenvalue weighted by atomic mass is 35.5. The van der Waals surface area contributed by atoms with Crippen LogP contribution >= 0.6 is 23.2 Å². The van der Waals surface area contributed by atoms with Crippen molar-refractivity contribution in [1.82, 2.24) is 4.98 Å². The van der Waals surface area contributed by atoms with E-state index >= 15 is 0 Å². The minimum atomic E-state index is -0.969. The van der Waals surface area contributed by atoms with Gasteiger partial charge in [-0.15, -0.1) is 0 Å². The molecule has 0 unspecified atom stereocenters. The minimum absolute atomic E-state index is 0.00216. The van der Waals surface area contributed by atoms with Crippen LogP contribution in [0.3, 0.4) is 0 Å². The number of amides is 1. The molecule has 1 aliphatic heterocycles. The van der Waals surface area contributed by atoms with E-state index in [-0.39, 0.29) is 18.9 Å². The van der Waals surface area contributed by atoms with Gasteiger partial charge >= 0.3 is 5.97 Å². The molecule has 2 heterocycles. The van der Waals surface area contributed by atoms with E-state index in [9.17, 15) is 9.59 Å². The number of hydrogen-bond donors (Lipinski definition) is 1. The second-order valence-corrected chi connectivity index (χ2v) is 6.88. The van der Waals surface area contributed by atoms with Gasteiger partial charge in [0.15, 0.2) is 5.58 Å². The lowest BCUT2D eigenvalue weighted by Crippen LogP contribution is -2.25. The Balaban J connectivity index is 1.70. The smallest absolute Gasteiger partial charge is 0.308 e. The quantitative estimate of drug-likeness (QED) is 0.722. The number of anilines is 1. The van der Waals surface area contributed by atoms with Crippen molar-refractivity contribution >= 4 is 51.9 Å². The summed E-state index contributed by atoms with van der Waals surface area (Å²) in [5.74, 6) is -1.54. The number of aliphatic carboxylic acids is 1. The van der Waals surface area contributed by atoms with E-state index < -0.39 is 11.9 Å². The number of oxazole rings is 1. The molecule has 2 aromatic carbocycles. The van der Waals surface area contributed by atoms with Crippen molar-refractivity contribution in [3.05, 3.63) is 46.4 Å². The number of fused-ring (bicyclic) bond motifs is 1. The molecular formula is C18H12Cl2N2O4. The highest BCUT2D eigenvalue weighted by Crippen LogP contribution is 2.34. The molecule has 26 heavy (non-hydrogen) atoms. The van der Waals surface area contributed by atoms with E-state index in [1.165, 1.54) is 4.90 Å². The van der Waals surface area contributed by atoms with Crippen molar-refractivity contribution in [1.29, 1.82) is 0 Å². The molecule has 0 spiro atoms. The molecule has 1 aliphatic rings. The number of carboxylic acid groups (broad SMARTS) is 1. The number of carboxylic acids is 1. The lowest BCUT2D eigenvalue weighted by molar-refractivity contribution is -0.141. The number of aromatic nitrogens is 1. The molecular weight excluding hydrogens is 379 g/mol. The summed E-state index contributed by atoms with van der Waals surface area (Å²) < 4.78 is 5.74. The molecule has 1 N–H and O–H groups in total. The fourth-order valence-electron chi connectivity index (χ4n) is 2.98. The molecule has 1 fully saturated rings. The summed E-state index contributed by atoms with van der Waals surface area (Å²) in [4.78, 5) is 29.1. The van der Waals surface area contributed by atoms with Gasteiger partial charge in [-0.1, -0.05) is 23.2 Å². The lowest BCUT2D eigenvalue weighted by Gasteiger charge is -2.15. The minimum Gasteiger partial charge on any atom is -0.481 e. The van der Waals surface area contributed by atoms with Crippen LogP contribution in [0.2, 0.25) is 10.0 Å². The van der Waals surface area contributed by atoms with Crippen molar-refractivity contribution in [3.8, 4) is 11.5 Å². The number of benzene rings is 2. The average Bonchev–Trinajstić information content (AvgIpc) is 3.17. The third-order valence-corrected chi connectivity index (χ3v) is 4.87. The Morgan fingerprint density at radius 1 is 1.23 bits per heavy atom. The lowest BCUT2D eigenvalue weighted by atomic mass is 10.1. The van der Waals surface area contributed by atoms with Crippen LogP contribution in [-0.2, 0) is 9.59 Å². The SMILES string of the molecule is O=C(O)[C@@H]1CC(=O)N(c2ccc3oc(-c4ccc(Cl)cc4Cl)nc3c2)C1. The maximum atomic E-state index is 12.1. The molecule has 1 saturated heterocycles. The van der Waals surface area contributed by atoms with Gasteiger partial charge in [0.2, 0.25) is 11.8 Å². The molecule has 4 rings (SSSR count). The number of carbonyl (C=O) groups excluding carboxylic acids is 1. The van der Waals surface area contributed by atoms with Gasteiger partial charge in [0.05, 0.1) is 16.5 Å². The fourth-order valence-corrected chi connectivity index (χ4v) is 3.47. The van der Waals surface area contributed by atoms with Crippen LogP contribution in [0.25, 0.3) is 22.6 Å². The zero-order valence-electron chi connectivity index (χ0n) is 13.3. The normalized spacial score (nSPS) is 17.2. The average molecular weight is 391 g/mol. The van der Waals surface area contributed by atoms with E-state index in [0.29, 0.717) is 38.3 Å². The first-order valence-corrected chi connectivity index (χ1v) is 8.57. The van der Waals surface area contributed by atoms with Crippen LogP contribution in [0, 0.1) is 5.92 Å². The number of hydrogen-bond acceptors (Lipinski definition) is 4. The van der Waals surface area contributed by atoms with Crippen molar-refractivity contribution in [2.75, 3.05) is 11.4 Å². The molecule has 6 nitrogen and oxygen atoms in total. The molecule has 0 bridgehead atoms. The molecule has 132 valence electrons. The summed E-state index contributed by atoms with van der Waals surface area (Å²) in [6.07, 6.45) is -0.00216. The maximum absolute atomic E-state index is 12.1. The summed E-state index contributed by atoms with van der Waals surface area (Å²) >= 11 is 12.1. The first-order chi connectivity index (χ1) is 12.4. The Labute approximate surface area is 157 Å². The first-order valence-electron chi connectivity index (χ1n) is 7.81. The van der Waals surface area contributed by atoms with Gasteiger partial charge in [0, 0.05) is 23.7 Å². The highest BCUT2D eigenvalue weighted by molar-refractivity contribution is 6.36. The van der Waals surface area contributed by atoms with E-state index in [4.69, 9.17) is 32.7 Å². The summed E-state index contributed by atoms with van der Waals surface area (Å²) in [7, 11) is 0. The van der Waals surface area contributed by atoms with Gasteiger partial charge in [-0.3, -0.25) is 9.59 Å². The Bertz CT molecular complexity index is 1050. The Hall–Kier alpha value is -2.57. The van der Waals surface area contributed by atoms with Crippen LogP contribution in [-0.4, -0.2) is 28.5 Å². The predicted molar refractivity (Wildman–Crippen MR) is 97.6 cm³/mol. The van der Waals surface area contributed by atoms with E-state index in [1.54, 1.807) is 36.4 Å². The van der Waals surface area contributed by atoms with Crippen LogP contribution in [0.1, 0.15) is 6.42 Å². The summed E-state index contributed by atoms with van der Waals surface area (Å²) in [5, 5.41) is 10.0. The number of carbonyl (C=O) groups is 2. The van der Waals surface area contributed by atoms with E-state index in [1.807, 2.05) is 0 Å². The highest BCUT2D eigenvalue weighted by Gasteiger charge is 2.35. The van der Waals surface area contributed by atoms with Crippen molar-refractivity contribution in [3.63, 3.8) is 0 Å².